The minimum absolute atomic E-state index is 0.0244. The zero-order valence-electron chi connectivity index (χ0n) is 11.6. The highest BCUT2D eigenvalue weighted by Crippen LogP contribution is 2.26. The second-order valence-electron chi connectivity index (χ2n) is 4.50. The second-order valence-corrected chi connectivity index (χ2v) is 5.70. The Hall–Kier alpha value is -0.750. The number of carbonyl (C=O) groups is 2. The van der Waals surface area contributed by atoms with Crippen molar-refractivity contribution in [3.8, 4) is 0 Å². The summed E-state index contributed by atoms with van der Waals surface area (Å²) in [5, 5.41) is -0.513. The Bertz CT molecular complexity index is 289. The van der Waals surface area contributed by atoms with Crippen molar-refractivity contribution in [2.45, 2.75) is 58.7 Å². The summed E-state index contributed by atoms with van der Waals surface area (Å²) in [6.45, 7) is 3.79. The van der Waals surface area contributed by atoms with Crippen LogP contribution in [0.25, 0.3) is 0 Å². The Balaban J connectivity index is 2.34. The molecule has 19 heavy (non-hydrogen) atoms. The first-order chi connectivity index (χ1) is 9.17. The summed E-state index contributed by atoms with van der Waals surface area (Å²) in [5.41, 5.74) is 0. The zero-order chi connectivity index (χ0) is 14.1. The van der Waals surface area contributed by atoms with Gasteiger partial charge < -0.3 is 4.74 Å². The molecule has 5 nitrogen and oxygen atoms in total. The number of ether oxygens (including phenoxy) is 1. The fraction of sp³-hybridized carbons (Fsp3) is 0.846. The molecule has 1 unspecified atom stereocenters. The van der Waals surface area contributed by atoms with Crippen LogP contribution in [0.5, 0.6) is 0 Å². The molecule has 1 fully saturated rings. The third-order valence-corrected chi connectivity index (χ3v) is 3.54. The molecule has 1 atom stereocenters. The van der Waals surface area contributed by atoms with E-state index in [9.17, 15) is 9.59 Å². The van der Waals surface area contributed by atoms with Gasteiger partial charge >= 0.3 is 11.3 Å². The number of carbonyl (C=O) groups excluding carboxylic acids is 2. The van der Waals surface area contributed by atoms with Crippen LogP contribution < -0.4 is 0 Å². The van der Waals surface area contributed by atoms with E-state index in [4.69, 9.17) is 9.62 Å². The summed E-state index contributed by atoms with van der Waals surface area (Å²) in [6.07, 6.45) is 4.40. The van der Waals surface area contributed by atoms with Gasteiger partial charge in [0.05, 0.1) is 5.92 Å². The van der Waals surface area contributed by atoms with Gasteiger partial charge in [-0.25, -0.2) is 4.79 Å². The third-order valence-electron chi connectivity index (χ3n) is 2.95. The predicted octanol–water partition coefficient (Wildman–Crippen LogP) is 3.67. The maximum absolute atomic E-state index is 11.9. The molecule has 0 aromatic carbocycles. The number of hydrogen-bond acceptors (Lipinski definition) is 6. The lowest BCUT2D eigenvalue weighted by molar-refractivity contribution is -0.327. The molecule has 0 radical (unpaired) electrons. The van der Waals surface area contributed by atoms with E-state index in [-0.39, 0.29) is 11.9 Å². The van der Waals surface area contributed by atoms with Gasteiger partial charge in [0.15, 0.2) is 0 Å². The number of esters is 1. The van der Waals surface area contributed by atoms with Crippen LogP contribution in [0, 0.1) is 5.92 Å². The van der Waals surface area contributed by atoms with Gasteiger partial charge in [-0.15, -0.1) is 4.89 Å². The van der Waals surface area contributed by atoms with Crippen molar-refractivity contribution < 1.29 is 24.1 Å². The van der Waals surface area contributed by atoms with Gasteiger partial charge in [-0.1, -0.05) is 33.1 Å². The van der Waals surface area contributed by atoms with Gasteiger partial charge in [-0.2, -0.15) is 0 Å². The van der Waals surface area contributed by atoms with E-state index < -0.39 is 11.6 Å². The molecule has 0 N–H and O–H groups in total. The smallest absolute Gasteiger partial charge is 0.400 e. The molecule has 0 aromatic heterocycles. The molecule has 1 aliphatic rings. The lowest BCUT2D eigenvalue weighted by Gasteiger charge is -2.17. The van der Waals surface area contributed by atoms with E-state index in [1.165, 1.54) is 0 Å². The summed E-state index contributed by atoms with van der Waals surface area (Å²) in [5.74, 6) is 0.349. The summed E-state index contributed by atoms with van der Waals surface area (Å²) in [7, 11) is 0. The largest absolute Gasteiger partial charge is 0.432 e. The van der Waals surface area contributed by atoms with Gasteiger partial charge in [-0.3, -0.25) is 9.68 Å². The Morgan fingerprint density at radius 1 is 1.26 bits per heavy atom. The predicted molar refractivity (Wildman–Crippen MR) is 72.4 cm³/mol. The molecule has 6 heteroatoms. The van der Waals surface area contributed by atoms with Crippen molar-refractivity contribution in [1.82, 2.24) is 0 Å². The summed E-state index contributed by atoms with van der Waals surface area (Å²) in [6, 6.07) is 0. The number of hydrogen-bond donors (Lipinski definition) is 0. The lowest BCUT2D eigenvalue weighted by Crippen LogP contribution is -2.26. The minimum atomic E-state index is -0.792. The van der Waals surface area contributed by atoms with E-state index in [0.717, 1.165) is 43.9 Å². The summed E-state index contributed by atoms with van der Waals surface area (Å²) in [4.78, 5) is 32.5. The molecule has 0 saturated heterocycles. The molecule has 1 saturated carbocycles. The van der Waals surface area contributed by atoms with Crippen molar-refractivity contribution in [1.29, 1.82) is 0 Å². The van der Waals surface area contributed by atoms with Crippen molar-refractivity contribution in [3.63, 3.8) is 0 Å². The van der Waals surface area contributed by atoms with Gasteiger partial charge in [0.2, 0.25) is 6.29 Å². The highest BCUT2D eigenvalue weighted by molar-refractivity contribution is 8.13. The molecule has 1 aliphatic carbocycles. The molecule has 0 aromatic rings. The quantitative estimate of drug-likeness (QED) is 0.308. The van der Waals surface area contributed by atoms with Gasteiger partial charge in [-0.05, 0) is 24.6 Å². The van der Waals surface area contributed by atoms with E-state index in [2.05, 4.69) is 4.89 Å². The minimum Gasteiger partial charge on any atom is -0.432 e. The van der Waals surface area contributed by atoms with E-state index in [1.807, 2.05) is 13.8 Å². The van der Waals surface area contributed by atoms with Crippen LogP contribution >= 0.6 is 11.8 Å². The van der Waals surface area contributed by atoms with Crippen LogP contribution in [0.3, 0.4) is 0 Å². The van der Waals surface area contributed by atoms with E-state index in [0.29, 0.717) is 12.2 Å². The topological polar surface area (TPSA) is 61.8 Å². The molecule has 0 heterocycles. The van der Waals surface area contributed by atoms with Crippen LogP contribution in [0.4, 0.5) is 4.79 Å². The second kappa shape index (κ2) is 9.20. The molecule has 0 amide bonds. The Labute approximate surface area is 118 Å². The maximum atomic E-state index is 11.9. The number of rotatable bonds is 7. The Kier molecular flexibility index (Phi) is 7.90. The van der Waals surface area contributed by atoms with Crippen molar-refractivity contribution >= 4 is 23.0 Å². The average Bonchev–Trinajstić information content (AvgIpc) is 2.90. The first kappa shape index (κ1) is 16.3. The van der Waals surface area contributed by atoms with Crippen LogP contribution in [0.1, 0.15) is 52.4 Å². The highest BCUT2D eigenvalue weighted by Gasteiger charge is 2.27. The average molecular weight is 290 g/mol. The summed E-state index contributed by atoms with van der Waals surface area (Å²) >= 11 is 1.01. The lowest BCUT2D eigenvalue weighted by atomic mass is 10.1. The molecular formula is C13H22O5S. The van der Waals surface area contributed by atoms with Gasteiger partial charge in [0.25, 0.3) is 0 Å². The molecular weight excluding hydrogens is 268 g/mol. The molecule has 1 rings (SSSR count). The van der Waals surface area contributed by atoms with Crippen molar-refractivity contribution in [2.75, 3.05) is 5.75 Å². The zero-order valence-corrected chi connectivity index (χ0v) is 12.4. The summed E-state index contributed by atoms with van der Waals surface area (Å²) < 4.78 is 5.26. The number of thioether (sulfide) groups is 1. The van der Waals surface area contributed by atoms with E-state index >= 15 is 0 Å². The molecule has 110 valence electrons. The molecule has 0 spiro atoms. The molecule has 0 bridgehead atoms. The first-order valence-electron chi connectivity index (χ1n) is 6.88. The van der Waals surface area contributed by atoms with Gasteiger partial charge in [0, 0.05) is 12.2 Å². The SMILES string of the molecule is CCCC(OOC(=O)SCC)OC(=O)C1CCCC1. The highest BCUT2D eigenvalue weighted by atomic mass is 32.2. The van der Waals surface area contributed by atoms with Gasteiger partial charge in [0.1, 0.15) is 0 Å². The monoisotopic (exact) mass is 290 g/mol. The normalized spacial score (nSPS) is 17.2. The van der Waals surface area contributed by atoms with Crippen LogP contribution in [0.15, 0.2) is 0 Å². The van der Waals surface area contributed by atoms with Crippen molar-refractivity contribution in [3.05, 3.63) is 0 Å². The first-order valence-corrected chi connectivity index (χ1v) is 7.86. The third kappa shape index (κ3) is 6.29. The van der Waals surface area contributed by atoms with Crippen LogP contribution in [-0.2, 0) is 19.3 Å². The fourth-order valence-electron chi connectivity index (χ4n) is 1.98. The Morgan fingerprint density at radius 2 is 1.95 bits per heavy atom. The standard InChI is InChI=1S/C13H22O5S/c1-3-7-11(17-18-13(15)19-4-2)16-12(14)10-8-5-6-9-10/h10-11H,3-9H2,1-2H3. The Morgan fingerprint density at radius 3 is 2.53 bits per heavy atom. The fourth-order valence-corrected chi connectivity index (χ4v) is 2.31. The molecule has 0 aliphatic heterocycles. The van der Waals surface area contributed by atoms with Crippen LogP contribution in [0.2, 0.25) is 0 Å². The maximum Gasteiger partial charge on any atom is 0.400 e. The van der Waals surface area contributed by atoms with Crippen LogP contribution in [-0.4, -0.2) is 23.3 Å². The van der Waals surface area contributed by atoms with Crippen molar-refractivity contribution in [2.24, 2.45) is 5.92 Å². The van der Waals surface area contributed by atoms with E-state index in [1.54, 1.807) is 0 Å².